The third-order valence-electron chi connectivity index (χ3n) is 4.23. The van der Waals surface area contributed by atoms with Crippen LogP contribution in [0.15, 0.2) is 48.5 Å². The molecule has 0 aliphatic heterocycles. The van der Waals surface area contributed by atoms with Crippen molar-refractivity contribution in [1.29, 1.82) is 0 Å². The molecule has 1 aromatic carbocycles. The predicted molar refractivity (Wildman–Crippen MR) is 90.0 cm³/mol. The second-order valence-corrected chi connectivity index (χ2v) is 6.22. The first kappa shape index (κ1) is 16.1. The second-order valence-electron chi connectivity index (χ2n) is 6.22. The maximum Gasteiger partial charge on any atom is 0.109 e. The third-order valence-corrected chi connectivity index (χ3v) is 4.23. The molecule has 1 heterocycles. The van der Waals surface area contributed by atoms with Gasteiger partial charge >= 0.3 is 0 Å². The molecule has 4 nitrogen and oxygen atoms in total. The summed E-state index contributed by atoms with van der Waals surface area (Å²) < 4.78 is 0. The molecule has 122 valence electrons. The molecule has 0 spiro atoms. The highest BCUT2D eigenvalue weighted by molar-refractivity contribution is 5.20. The molecule has 0 radical (unpaired) electrons. The smallest absolute Gasteiger partial charge is 0.109 e. The Kier molecular flexibility index (Phi) is 5.39. The molecule has 3 rings (SSSR count). The topological polar surface area (TPSA) is 56.6 Å². The summed E-state index contributed by atoms with van der Waals surface area (Å²) in [5.74, 6) is 0.583. The lowest BCUT2D eigenvalue weighted by Gasteiger charge is -2.24. The lowest BCUT2D eigenvalue weighted by molar-refractivity contribution is 0.0928. The molecule has 0 saturated heterocycles. The molecular formula is C19H24N2O2. The van der Waals surface area contributed by atoms with E-state index in [1.54, 1.807) is 0 Å². The standard InChI is InChI=1S/C19H24N2O2/c22-12-11-21(13-15-5-2-1-3-6-15)14-19(23)18-8-4-7-17(20-18)16-9-10-16/h1-8,16,19,22-23H,9-14H2. The van der Waals surface area contributed by atoms with Crippen LogP contribution in [0.3, 0.4) is 0 Å². The zero-order chi connectivity index (χ0) is 16.1. The van der Waals surface area contributed by atoms with Crippen LogP contribution >= 0.6 is 0 Å². The van der Waals surface area contributed by atoms with Crippen LogP contribution in [0.1, 0.15) is 41.8 Å². The Hall–Kier alpha value is -1.75. The van der Waals surface area contributed by atoms with Crippen molar-refractivity contribution in [3.05, 3.63) is 65.5 Å². The average molecular weight is 312 g/mol. The molecule has 0 amide bonds. The number of aliphatic hydroxyl groups excluding tert-OH is 2. The molecule has 2 aromatic rings. The number of nitrogens with zero attached hydrogens (tertiary/aromatic N) is 2. The van der Waals surface area contributed by atoms with Crippen molar-refractivity contribution in [1.82, 2.24) is 9.88 Å². The molecule has 1 saturated carbocycles. The molecule has 1 aliphatic carbocycles. The Morgan fingerprint density at radius 2 is 1.87 bits per heavy atom. The quantitative estimate of drug-likeness (QED) is 0.786. The SMILES string of the molecule is OCCN(Cc1ccccc1)CC(O)c1cccc(C2CC2)n1. The molecule has 1 unspecified atom stereocenters. The maximum absolute atomic E-state index is 10.5. The van der Waals surface area contributed by atoms with Gasteiger partial charge in [0.1, 0.15) is 6.10 Å². The predicted octanol–water partition coefficient (Wildman–Crippen LogP) is 2.49. The van der Waals surface area contributed by atoms with E-state index in [0.29, 0.717) is 25.6 Å². The lowest BCUT2D eigenvalue weighted by Crippen LogP contribution is -2.31. The summed E-state index contributed by atoms with van der Waals surface area (Å²) in [5.41, 5.74) is 3.00. The zero-order valence-electron chi connectivity index (χ0n) is 13.3. The van der Waals surface area contributed by atoms with E-state index in [1.807, 2.05) is 36.4 Å². The first-order valence-electron chi connectivity index (χ1n) is 8.28. The van der Waals surface area contributed by atoms with Gasteiger partial charge in [0.05, 0.1) is 12.3 Å². The molecule has 4 heteroatoms. The highest BCUT2D eigenvalue weighted by Crippen LogP contribution is 2.39. The number of hydrogen-bond donors (Lipinski definition) is 2. The van der Waals surface area contributed by atoms with E-state index in [0.717, 1.165) is 11.4 Å². The van der Waals surface area contributed by atoms with E-state index >= 15 is 0 Å². The van der Waals surface area contributed by atoms with E-state index in [1.165, 1.54) is 18.4 Å². The highest BCUT2D eigenvalue weighted by atomic mass is 16.3. The van der Waals surface area contributed by atoms with E-state index in [-0.39, 0.29) is 6.61 Å². The normalized spacial score (nSPS) is 15.8. The Morgan fingerprint density at radius 3 is 2.57 bits per heavy atom. The van der Waals surface area contributed by atoms with E-state index in [9.17, 15) is 10.2 Å². The summed E-state index contributed by atoms with van der Waals surface area (Å²) in [6.07, 6.45) is 1.78. The summed E-state index contributed by atoms with van der Waals surface area (Å²) in [4.78, 5) is 6.68. The first-order valence-corrected chi connectivity index (χ1v) is 8.28. The minimum absolute atomic E-state index is 0.0785. The van der Waals surface area contributed by atoms with E-state index < -0.39 is 6.10 Å². The molecule has 1 fully saturated rings. The van der Waals surface area contributed by atoms with Gasteiger partial charge in [-0.25, -0.2) is 0 Å². The zero-order valence-corrected chi connectivity index (χ0v) is 13.3. The fraction of sp³-hybridized carbons (Fsp3) is 0.421. The number of aromatic nitrogens is 1. The Labute approximate surface area is 137 Å². The van der Waals surface area contributed by atoms with Crippen LogP contribution in [0.5, 0.6) is 0 Å². The number of benzene rings is 1. The Balaban J connectivity index is 1.65. The molecule has 1 atom stereocenters. The Bertz CT molecular complexity index is 614. The van der Waals surface area contributed by atoms with Crippen molar-refractivity contribution in [2.75, 3.05) is 19.7 Å². The Morgan fingerprint density at radius 1 is 1.09 bits per heavy atom. The van der Waals surface area contributed by atoms with E-state index in [2.05, 4.69) is 22.0 Å². The third kappa shape index (κ3) is 4.61. The summed E-state index contributed by atoms with van der Waals surface area (Å²) in [6, 6.07) is 16.0. The van der Waals surface area contributed by atoms with Crippen LogP contribution in [0.25, 0.3) is 0 Å². The molecular weight excluding hydrogens is 288 g/mol. The van der Waals surface area contributed by atoms with Gasteiger partial charge in [-0.2, -0.15) is 0 Å². The molecule has 1 aromatic heterocycles. The van der Waals surface area contributed by atoms with Crippen LogP contribution in [0.4, 0.5) is 0 Å². The summed E-state index contributed by atoms with van der Waals surface area (Å²) >= 11 is 0. The van der Waals surface area contributed by atoms with Gasteiger partial charge in [0.15, 0.2) is 0 Å². The van der Waals surface area contributed by atoms with Crippen molar-refractivity contribution in [3.8, 4) is 0 Å². The summed E-state index contributed by atoms with van der Waals surface area (Å²) in [5, 5.41) is 19.8. The van der Waals surface area contributed by atoms with Crippen LogP contribution in [0, 0.1) is 0 Å². The fourth-order valence-corrected chi connectivity index (χ4v) is 2.82. The van der Waals surface area contributed by atoms with Gasteiger partial charge in [0, 0.05) is 31.2 Å². The van der Waals surface area contributed by atoms with Crippen LogP contribution in [-0.4, -0.2) is 39.8 Å². The molecule has 0 bridgehead atoms. The van der Waals surface area contributed by atoms with Crippen molar-refractivity contribution >= 4 is 0 Å². The molecule has 23 heavy (non-hydrogen) atoms. The fourth-order valence-electron chi connectivity index (χ4n) is 2.82. The van der Waals surface area contributed by atoms with Gasteiger partial charge in [-0.05, 0) is 30.5 Å². The van der Waals surface area contributed by atoms with Gasteiger partial charge in [-0.15, -0.1) is 0 Å². The minimum Gasteiger partial charge on any atom is -0.395 e. The van der Waals surface area contributed by atoms with Gasteiger partial charge in [-0.3, -0.25) is 9.88 Å². The first-order chi connectivity index (χ1) is 11.3. The monoisotopic (exact) mass is 312 g/mol. The number of aliphatic hydroxyl groups is 2. The van der Waals surface area contributed by atoms with Crippen molar-refractivity contribution in [3.63, 3.8) is 0 Å². The largest absolute Gasteiger partial charge is 0.395 e. The van der Waals surface area contributed by atoms with Crippen LogP contribution in [-0.2, 0) is 6.54 Å². The minimum atomic E-state index is -0.635. The lowest BCUT2D eigenvalue weighted by atomic mass is 10.1. The van der Waals surface area contributed by atoms with Gasteiger partial charge < -0.3 is 10.2 Å². The molecule has 2 N–H and O–H groups in total. The van der Waals surface area contributed by atoms with Crippen molar-refractivity contribution in [2.45, 2.75) is 31.4 Å². The van der Waals surface area contributed by atoms with Gasteiger partial charge in [0.25, 0.3) is 0 Å². The van der Waals surface area contributed by atoms with Crippen LogP contribution in [0.2, 0.25) is 0 Å². The number of rotatable bonds is 8. The molecule has 1 aliphatic rings. The van der Waals surface area contributed by atoms with Crippen LogP contribution < -0.4 is 0 Å². The van der Waals surface area contributed by atoms with Gasteiger partial charge in [-0.1, -0.05) is 36.4 Å². The van der Waals surface area contributed by atoms with Gasteiger partial charge in [0.2, 0.25) is 0 Å². The maximum atomic E-state index is 10.5. The summed E-state index contributed by atoms with van der Waals surface area (Å²) in [7, 11) is 0. The summed E-state index contributed by atoms with van der Waals surface area (Å²) in [6.45, 7) is 1.79. The van der Waals surface area contributed by atoms with Crippen molar-refractivity contribution < 1.29 is 10.2 Å². The number of pyridine rings is 1. The van der Waals surface area contributed by atoms with E-state index in [4.69, 9.17) is 0 Å². The average Bonchev–Trinajstić information content (AvgIpc) is 3.41. The highest BCUT2D eigenvalue weighted by Gasteiger charge is 2.25. The van der Waals surface area contributed by atoms with Crippen molar-refractivity contribution in [2.24, 2.45) is 0 Å². The number of hydrogen-bond acceptors (Lipinski definition) is 4. The second kappa shape index (κ2) is 7.68.